The minimum atomic E-state index is -4.15. The van der Waals surface area contributed by atoms with Crippen molar-refractivity contribution in [3.63, 3.8) is 0 Å². The molecular formula is C16H18F3N5O2. The Balaban J connectivity index is 2.07. The van der Waals surface area contributed by atoms with Gasteiger partial charge in [-0.2, -0.15) is 8.78 Å². The van der Waals surface area contributed by atoms with Gasteiger partial charge in [-0.3, -0.25) is 0 Å². The predicted octanol–water partition coefficient (Wildman–Crippen LogP) is 3.98. The number of halogens is 3. The van der Waals surface area contributed by atoms with Crippen molar-refractivity contribution in [2.45, 2.75) is 49.9 Å². The molecule has 2 heterocycles. The van der Waals surface area contributed by atoms with E-state index in [-0.39, 0.29) is 13.0 Å². The fourth-order valence-corrected chi connectivity index (χ4v) is 3.75. The van der Waals surface area contributed by atoms with Crippen molar-refractivity contribution >= 4 is 5.97 Å². The van der Waals surface area contributed by atoms with Crippen molar-refractivity contribution in [2.24, 2.45) is 20.7 Å². The molecule has 26 heavy (non-hydrogen) atoms. The van der Waals surface area contributed by atoms with Gasteiger partial charge < -0.3 is 0 Å². The van der Waals surface area contributed by atoms with E-state index >= 15 is 0 Å². The first kappa shape index (κ1) is 18.4. The van der Waals surface area contributed by atoms with Crippen LogP contribution in [0.5, 0.6) is 0 Å². The maximum absolute atomic E-state index is 14.5. The molecule has 0 N–H and O–H groups in total. The molecule has 0 aromatic heterocycles. The van der Waals surface area contributed by atoms with Crippen molar-refractivity contribution in [3.05, 3.63) is 35.9 Å². The topological polar surface area (TPSA) is 79.0 Å². The second kappa shape index (κ2) is 6.42. The zero-order chi connectivity index (χ0) is 19.0. The Labute approximate surface area is 147 Å². The summed E-state index contributed by atoms with van der Waals surface area (Å²) in [6.45, 7) is 3.46. The Bertz CT molecular complexity index is 727. The fraction of sp³-hybridized carbons (Fsp3) is 0.562. The van der Waals surface area contributed by atoms with E-state index in [1.165, 1.54) is 0 Å². The van der Waals surface area contributed by atoms with E-state index in [1.807, 2.05) is 30.3 Å². The van der Waals surface area contributed by atoms with Gasteiger partial charge in [-0.1, -0.05) is 44.2 Å². The van der Waals surface area contributed by atoms with E-state index in [9.17, 15) is 18.1 Å². The smallest absolute Gasteiger partial charge is 0.246 e. The molecule has 1 atom stereocenters. The highest BCUT2D eigenvalue weighted by atomic mass is 19.3. The van der Waals surface area contributed by atoms with Crippen LogP contribution in [-0.4, -0.2) is 35.2 Å². The molecule has 0 saturated carbocycles. The molecule has 0 spiro atoms. The average molecular weight is 369 g/mol. The van der Waals surface area contributed by atoms with Crippen LogP contribution < -0.4 is 0 Å². The van der Waals surface area contributed by atoms with Gasteiger partial charge in [-0.25, -0.2) is 14.6 Å². The van der Waals surface area contributed by atoms with Crippen molar-refractivity contribution < 1.29 is 23.0 Å². The Kier molecular flexibility index (Phi) is 4.55. The third-order valence-electron chi connectivity index (χ3n) is 5.24. The molecule has 0 radical (unpaired) electrons. The number of carbonyl (C=O) groups is 1. The summed E-state index contributed by atoms with van der Waals surface area (Å²) in [6, 6.07) is 3.96. The van der Waals surface area contributed by atoms with Gasteiger partial charge in [-0.05, 0) is 28.9 Å². The third kappa shape index (κ3) is 2.59. The Morgan fingerprint density at radius 2 is 1.85 bits per heavy atom. The Hall–Kier alpha value is -2.36. The number of alkyl halides is 2. The van der Waals surface area contributed by atoms with Gasteiger partial charge in [0.25, 0.3) is 0 Å². The largest absolute Gasteiger partial charge is 0.434 e. The van der Waals surface area contributed by atoms with Crippen LogP contribution >= 0.6 is 0 Å². The molecule has 1 fully saturated rings. The minimum Gasteiger partial charge on any atom is -0.246 e. The highest BCUT2D eigenvalue weighted by Gasteiger charge is 2.63. The lowest BCUT2D eigenvalue weighted by Gasteiger charge is -2.45. The second-order valence-corrected chi connectivity index (χ2v) is 6.85. The van der Waals surface area contributed by atoms with Gasteiger partial charge in [0, 0.05) is 16.5 Å². The average Bonchev–Trinajstić information content (AvgIpc) is 3.31. The van der Waals surface area contributed by atoms with Crippen LogP contribution in [0.15, 0.2) is 51.0 Å². The summed E-state index contributed by atoms with van der Waals surface area (Å²) in [5.41, 5.74) is -1.56. The maximum Gasteiger partial charge on any atom is 0.434 e. The lowest BCUT2D eigenvalue weighted by Crippen LogP contribution is -2.62. The highest BCUT2D eigenvalue weighted by Crippen LogP contribution is 2.50. The lowest BCUT2D eigenvalue weighted by molar-refractivity contribution is -0.241. The van der Waals surface area contributed by atoms with E-state index in [0.29, 0.717) is 11.3 Å². The summed E-state index contributed by atoms with van der Waals surface area (Å²) in [5.74, 6) is -2.26. The van der Waals surface area contributed by atoms with Gasteiger partial charge in [0.1, 0.15) is 0 Å². The normalized spacial score (nSPS) is 22.7. The summed E-state index contributed by atoms with van der Waals surface area (Å²) < 4.78 is 41.1. The molecule has 1 saturated heterocycles. The first-order valence-electron chi connectivity index (χ1n) is 8.14. The Morgan fingerprint density at radius 1 is 1.23 bits per heavy atom. The van der Waals surface area contributed by atoms with Crippen molar-refractivity contribution in [1.29, 1.82) is 0 Å². The molecule has 1 aromatic carbocycles. The lowest BCUT2D eigenvalue weighted by atomic mass is 9.69. The van der Waals surface area contributed by atoms with Crippen LogP contribution in [0.2, 0.25) is 0 Å². The SMILES string of the molecule is CC(C)(c1ccccc1)C1(C2CCCN2C(F)(F)C(=O)OF)N=NN=N1. The van der Waals surface area contributed by atoms with E-state index < -0.39 is 29.1 Å². The quantitative estimate of drug-likeness (QED) is 0.737. The molecule has 1 aromatic rings. The standard InChI is InChI=1S/C16H18F3N5O2/c1-14(2,11-7-4-3-5-8-11)15(20-22-23-21-15)12-9-6-10-24(12)16(17,18)13(25)26-19/h3-5,7-8,12H,6,9-10H2,1-2H3. The van der Waals surface area contributed by atoms with Gasteiger partial charge in [0.2, 0.25) is 5.66 Å². The number of likely N-dealkylation sites (tertiary alicyclic amines) is 1. The summed E-state index contributed by atoms with van der Waals surface area (Å²) >= 11 is 0. The van der Waals surface area contributed by atoms with Gasteiger partial charge in [0.15, 0.2) is 0 Å². The van der Waals surface area contributed by atoms with Gasteiger partial charge >= 0.3 is 12.0 Å². The molecular weight excluding hydrogens is 351 g/mol. The van der Waals surface area contributed by atoms with Crippen LogP contribution in [0.3, 0.4) is 0 Å². The molecule has 1 unspecified atom stereocenters. The number of carbonyl (C=O) groups excluding carboxylic acids is 1. The van der Waals surface area contributed by atoms with Crippen LogP contribution in [0.1, 0.15) is 32.3 Å². The molecule has 10 heteroatoms. The van der Waals surface area contributed by atoms with Crippen LogP contribution in [0, 0.1) is 0 Å². The van der Waals surface area contributed by atoms with Gasteiger partial charge in [-0.15, -0.1) is 10.2 Å². The molecule has 2 aliphatic rings. The molecule has 3 rings (SSSR count). The maximum atomic E-state index is 14.5. The summed E-state index contributed by atoms with van der Waals surface area (Å²) in [5, 5.41) is 15.4. The second-order valence-electron chi connectivity index (χ2n) is 6.85. The van der Waals surface area contributed by atoms with E-state index in [2.05, 4.69) is 25.6 Å². The number of hydrogen-bond acceptors (Lipinski definition) is 7. The zero-order valence-electron chi connectivity index (χ0n) is 14.3. The number of benzene rings is 1. The predicted molar refractivity (Wildman–Crippen MR) is 83.8 cm³/mol. The molecule has 140 valence electrons. The van der Waals surface area contributed by atoms with Gasteiger partial charge in [0.05, 0.1) is 6.04 Å². The van der Waals surface area contributed by atoms with Crippen LogP contribution in [0.25, 0.3) is 0 Å². The summed E-state index contributed by atoms with van der Waals surface area (Å²) in [7, 11) is 0. The van der Waals surface area contributed by atoms with E-state index in [4.69, 9.17) is 0 Å². The molecule has 0 amide bonds. The van der Waals surface area contributed by atoms with Crippen molar-refractivity contribution in [2.75, 3.05) is 6.54 Å². The summed E-state index contributed by atoms with van der Waals surface area (Å²) in [6.07, 6.45) is 0.626. The molecule has 0 aliphatic carbocycles. The first-order valence-corrected chi connectivity index (χ1v) is 8.14. The van der Waals surface area contributed by atoms with Crippen LogP contribution in [0.4, 0.5) is 13.3 Å². The van der Waals surface area contributed by atoms with Crippen molar-refractivity contribution in [1.82, 2.24) is 4.90 Å². The zero-order valence-corrected chi connectivity index (χ0v) is 14.3. The van der Waals surface area contributed by atoms with E-state index in [1.54, 1.807) is 13.8 Å². The molecule has 0 bridgehead atoms. The summed E-state index contributed by atoms with van der Waals surface area (Å²) in [4.78, 5) is 14.7. The monoisotopic (exact) mass is 369 g/mol. The Morgan fingerprint density at radius 3 is 2.42 bits per heavy atom. The van der Waals surface area contributed by atoms with Crippen molar-refractivity contribution in [3.8, 4) is 0 Å². The molecule has 7 nitrogen and oxygen atoms in total. The van der Waals surface area contributed by atoms with E-state index in [0.717, 1.165) is 5.56 Å². The third-order valence-corrected chi connectivity index (χ3v) is 5.24. The first-order chi connectivity index (χ1) is 12.3. The number of rotatable bonds is 5. The molecule has 2 aliphatic heterocycles. The fourth-order valence-electron chi connectivity index (χ4n) is 3.75. The highest BCUT2D eigenvalue weighted by molar-refractivity contribution is 5.76. The number of hydrogen-bond donors (Lipinski definition) is 0. The number of nitrogens with zero attached hydrogens (tertiary/aromatic N) is 5. The minimum absolute atomic E-state index is 0.134. The van der Waals surface area contributed by atoms with Crippen LogP contribution in [-0.2, 0) is 15.2 Å².